The SMILES string of the molecule is Cc1cc(OCC2CNCCO2)cc([N+](=O)[O-])c1. The van der Waals surface area contributed by atoms with Crippen LogP contribution in [0.5, 0.6) is 5.75 Å². The van der Waals surface area contributed by atoms with Gasteiger partial charge in [0.15, 0.2) is 0 Å². The summed E-state index contributed by atoms with van der Waals surface area (Å²) in [5, 5.41) is 13.9. The summed E-state index contributed by atoms with van der Waals surface area (Å²) < 4.78 is 11.0. The van der Waals surface area contributed by atoms with Gasteiger partial charge < -0.3 is 14.8 Å². The molecule has 2 rings (SSSR count). The molecule has 1 atom stereocenters. The molecule has 1 unspecified atom stereocenters. The van der Waals surface area contributed by atoms with Gasteiger partial charge in [-0.2, -0.15) is 0 Å². The van der Waals surface area contributed by atoms with Gasteiger partial charge in [-0.3, -0.25) is 10.1 Å². The monoisotopic (exact) mass is 252 g/mol. The van der Waals surface area contributed by atoms with Crippen molar-refractivity contribution in [1.82, 2.24) is 5.32 Å². The van der Waals surface area contributed by atoms with Crippen LogP contribution in [0.25, 0.3) is 0 Å². The van der Waals surface area contributed by atoms with E-state index in [4.69, 9.17) is 9.47 Å². The molecule has 6 nitrogen and oxygen atoms in total. The number of nitro groups is 1. The van der Waals surface area contributed by atoms with Gasteiger partial charge in [-0.15, -0.1) is 0 Å². The Hall–Kier alpha value is -1.66. The average Bonchev–Trinajstić information content (AvgIpc) is 2.37. The summed E-state index contributed by atoms with van der Waals surface area (Å²) in [5.41, 5.74) is 0.856. The summed E-state index contributed by atoms with van der Waals surface area (Å²) in [4.78, 5) is 10.3. The summed E-state index contributed by atoms with van der Waals surface area (Å²) in [7, 11) is 0. The van der Waals surface area contributed by atoms with Crippen molar-refractivity contribution in [3.8, 4) is 5.75 Å². The number of hydrogen-bond donors (Lipinski definition) is 1. The third-order valence-electron chi connectivity index (χ3n) is 2.69. The fourth-order valence-corrected chi connectivity index (χ4v) is 1.83. The van der Waals surface area contributed by atoms with Crippen molar-refractivity contribution in [1.29, 1.82) is 0 Å². The van der Waals surface area contributed by atoms with Crippen LogP contribution in [-0.4, -0.2) is 37.3 Å². The smallest absolute Gasteiger partial charge is 0.273 e. The van der Waals surface area contributed by atoms with Crippen molar-refractivity contribution >= 4 is 5.69 Å². The number of rotatable bonds is 4. The maximum Gasteiger partial charge on any atom is 0.273 e. The normalized spacial score (nSPS) is 19.5. The Morgan fingerprint density at radius 2 is 2.39 bits per heavy atom. The summed E-state index contributed by atoms with van der Waals surface area (Å²) >= 11 is 0. The first kappa shape index (κ1) is 12.8. The number of nitrogens with zero attached hydrogens (tertiary/aromatic N) is 1. The number of nitrogens with one attached hydrogen (secondary N) is 1. The lowest BCUT2D eigenvalue weighted by molar-refractivity contribution is -0.385. The molecule has 1 heterocycles. The van der Waals surface area contributed by atoms with E-state index in [0.29, 0.717) is 19.0 Å². The van der Waals surface area contributed by atoms with Crippen molar-refractivity contribution < 1.29 is 14.4 Å². The van der Waals surface area contributed by atoms with Gasteiger partial charge in [-0.25, -0.2) is 0 Å². The molecule has 1 aliphatic rings. The summed E-state index contributed by atoms with van der Waals surface area (Å²) in [5.74, 6) is 0.510. The van der Waals surface area contributed by atoms with E-state index in [0.717, 1.165) is 18.7 Å². The highest BCUT2D eigenvalue weighted by molar-refractivity contribution is 5.42. The zero-order chi connectivity index (χ0) is 13.0. The lowest BCUT2D eigenvalue weighted by atomic mass is 10.2. The van der Waals surface area contributed by atoms with Crippen LogP contribution in [0.1, 0.15) is 5.56 Å². The first-order valence-corrected chi connectivity index (χ1v) is 5.86. The van der Waals surface area contributed by atoms with Gasteiger partial charge in [0.25, 0.3) is 5.69 Å². The lowest BCUT2D eigenvalue weighted by Gasteiger charge is -2.23. The molecule has 98 valence electrons. The van der Waals surface area contributed by atoms with Gasteiger partial charge >= 0.3 is 0 Å². The minimum absolute atomic E-state index is 0.00156. The van der Waals surface area contributed by atoms with Gasteiger partial charge in [0.05, 0.1) is 17.6 Å². The highest BCUT2D eigenvalue weighted by Gasteiger charge is 2.15. The Morgan fingerprint density at radius 1 is 1.56 bits per heavy atom. The van der Waals surface area contributed by atoms with Crippen LogP contribution in [0.3, 0.4) is 0 Å². The number of hydrogen-bond acceptors (Lipinski definition) is 5. The molecule has 0 amide bonds. The predicted molar refractivity (Wildman–Crippen MR) is 65.9 cm³/mol. The van der Waals surface area contributed by atoms with Crippen LogP contribution in [0.2, 0.25) is 0 Å². The van der Waals surface area contributed by atoms with E-state index in [1.165, 1.54) is 12.1 Å². The fraction of sp³-hybridized carbons (Fsp3) is 0.500. The number of ether oxygens (including phenoxy) is 2. The van der Waals surface area contributed by atoms with E-state index in [2.05, 4.69) is 5.32 Å². The maximum absolute atomic E-state index is 10.7. The van der Waals surface area contributed by atoms with E-state index in [-0.39, 0.29) is 11.8 Å². The number of nitro benzene ring substituents is 1. The third kappa shape index (κ3) is 3.41. The molecule has 0 bridgehead atoms. The van der Waals surface area contributed by atoms with Crippen molar-refractivity contribution in [2.75, 3.05) is 26.3 Å². The number of morpholine rings is 1. The van der Waals surface area contributed by atoms with Crippen LogP contribution >= 0.6 is 0 Å². The van der Waals surface area contributed by atoms with Gasteiger partial charge in [0, 0.05) is 19.2 Å². The van der Waals surface area contributed by atoms with Gasteiger partial charge in [0.1, 0.15) is 18.5 Å². The Kier molecular flexibility index (Phi) is 4.11. The van der Waals surface area contributed by atoms with Crippen LogP contribution in [-0.2, 0) is 4.74 Å². The van der Waals surface area contributed by atoms with E-state index in [1.807, 2.05) is 0 Å². The van der Waals surface area contributed by atoms with Gasteiger partial charge in [0.2, 0.25) is 0 Å². The number of aryl methyl sites for hydroxylation is 1. The predicted octanol–water partition coefficient (Wildman–Crippen LogP) is 1.27. The molecule has 1 aromatic rings. The van der Waals surface area contributed by atoms with Crippen LogP contribution < -0.4 is 10.1 Å². The minimum atomic E-state index is -0.418. The molecular weight excluding hydrogens is 236 g/mol. The van der Waals surface area contributed by atoms with Crippen LogP contribution in [0.15, 0.2) is 18.2 Å². The molecule has 1 aliphatic heterocycles. The van der Waals surface area contributed by atoms with E-state index in [9.17, 15) is 10.1 Å². The second kappa shape index (κ2) is 5.79. The Balaban J connectivity index is 1.97. The molecule has 1 saturated heterocycles. The second-order valence-corrected chi connectivity index (χ2v) is 4.27. The molecular formula is C12H16N2O4. The van der Waals surface area contributed by atoms with Gasteiger partial charge in [-0.05, 0) is 18.6 Å². The zero-order valence-electron chi connectivity index (χ0n) is 10.2. The Bertz CT molecular complexity index is 430. The molecule has 1 aromatic carbocycles. The topological polar surface area (TPSA) is 73.6 Å². The molecule has 0 spiro atoms. The lowest BCUT2D eigenvalue weighted by Crippen LogP contribution is -2.41. The summed E-state index contributed by atoms with van der Waals surface area (Å²) in [6, 6.07) is 4.73. The quantitative estimate of drug-likeness (QED) is 0.645. The molecule has 0 saturated carbocycles. The van der Waals surface area contributed by atoms with E-state index in [1.54, 1.807) is 13.0 Å². The molecule has 18 heavy (non-hydrogen) atoms. The second-order valence-electron chi connectivity index (χ2n) is 4.27. The highest BCUT2D eigenvalue weighted by atomic mass is 16.6. The first-order valence-electron chi connectivity index (χ1n) is 5.86. The van der Waals surface area contributed by atoms with Gasteiger partial charge in [-0.1, -0.05) is 0 Å². The molecule has 0 radical (unpaired) electrons. The fourth-order valence-electron chi connectivity index (χ4n) is 1.83. The summed E-state index contributed by atoms with van der Waals surface area (Å²) in [6.07, 6.45) is -0.00156. The average molecular weight is 252 g/mol. The largest absolute Gasteiger partial charge is 0.491 e. The van der Waals surface area contributed by atoms with Crippen molar-refractivity contribution in [2.45, 2.75) is 13.0 Å². The minimum Gasteiger partial charge on any atom is -0.491 e. The van der Waals surface area contributed by atoms with E-state index >= 15 is 0 Å². The Labute approximate surface area is 105 Å². The molecule has 0 aromatic heterocycles. The van der Waals surface area contributed by atoms with E-state index < -0.39 is 4.92 Å². The molecule has 1 N–H and O–H groups in total. The van der Waals surface area contributed by atoms with Crippen molar-refractivity contribution in [3.63, 3.8) is 0 Å². The molecule has 0 aliphatic carbocycles. The first-order chi connectivity index (χ1) is 8.65. The van der Waals surface area contributed by atoms with Crippen molar-refractivity contribution in [2.24, 2.45) is 0 Å². The summed E-state index contributed by atoms with van der Waals surface area (Å²) in [6.45, 7) is 4.47. The maximum atomic E-state index is 10.7. The third-order valence-corrected chi connectivity index (χ3v) is 2.69. The number of non-ortho nitro benzene ring substituents is 1. The zero-order valence-corrected chi connectivity index (χ0v) is 10.2. The molecule has 1 fully saturated rings. The van der Waals surface area contributed by atoms with Crippen molar-refractivity contribution in [3.05, 3.63) is 33.9 Å². The van der Waals surface area contributed by atoms with Crippen LogP contribution in [0, 0.1) is 17.0 Å². The number of benzene rings is 1. The standard InChI is InChI=1S/C12H16N2O4/c1-9-4-10(14(15)16)6-11(5-9)18-8-12-7-13-2-3-17-12/h4-6,12-13H,2-3,7-8H2,1H3. The molecule has 6 heteroatoms. The highest BCUT2D eigenvalue weighted by Crippen LogP contribution is 2.22. The van der Waals surface area contributed by atoms with Crippen LogP contribution in [0.4, 0.5) is 5.69 Å². The Morgan fingerprint density at radius 3 is 3.06 bits per heavy atom.